The van der Waals surface area contributed by atoms with Gasteiger partial charge in [-0.15, -0.1) is 0 Å². The largest absolute Gasteiger partial charge is 0.507 e. The van der Waals surface area contributed by atoms with Gasteiger partial charge in [0.15, 0.2) is 5.82 Å². The number of anilines is 1. The summed E-state index contributed by atoms with van der Waals surface area (Å²) >= 11 is 12.3. The van der Waals surface area contributed by atoms with E-state index in [1.165, 1.54) is 11.0 Å². The topological polar surface area (TPSA) is 92.9 Å². The summed E-state index contributed by atoms with van der Waals surface area (Å²) in [5.41, 5.74) is 0.691. The van der Waals surface area contributed by atoms with Gasteiger partial charge in [-0.2, -0.15) is 0 Å². The van der Waals surface area contributed by atoms with E-state index in [-0.39, 0.29) is 22.2 Å². The second-order valence-corrected chi connectivity index (χ2v) is 8.08. The Morgan fingerprint density at radius 2 is 1.91 bits per heavy atom. The van der Waals surface area contributed by atoms with Gasteiger partial charge >= 0.3 is 5.91 Å². The molecule has 9 heteroatoms. The fourth-order valence-corrected chi connectivity index (χ4v) is 3.86. The number of benzene rings is 2. The van der Waals surface area contributed by atoms with Gasteiger partial charge in [-0.3, -0.25) is 14.5 Å². The Hall–Kier alpha value is -3.55. The zero-order valence-electron chi connectivity index (χ0n) is 17.4. The zero-order valence-corrected chi connectivity index (χ0v) is 18.9. The summed E-state index contributed by atoms with van der Waals surface area (Å²) < 4.78 is 10.6. The molecule has 0 spiro atoms. The van der Waals surface area contributed by atoms with Crippen molar-refractivity contribution in [3.05, 3.63) is 93.7 Å². The minimum absolute atomic E-state index is 0.112. The van der Waals surface area contributed by atoms with Crippen molar-refractivity contribution in [1.29, 1.82) is 0 Å². The molecular formula is C24H18Cl2N2O5. The molecule has 33 heavy (non-hydrogen) atoms. The number of aliphatic hydroxyl groups excluding tert-OH is 1. The predicted molar refractivity (Wildman–Crippen MR) is 125 cm³/mol. The molecule has 0 aliphatic carbocycles. The minimum Gasteiger partial charge on any atom is -0.507 e. The van der Waals surface area contributed by atoms with Crippen LogP contribution in [0.4, 0.5) is 5.82 Å². The lowest BCUT2D eigenvalue weighted by Crippen LogP contribution is -2.29. The van der Waals surface area contributed by atoms with Gasteiger partial charge < -0.3 is 14.4 Å². The number of amides is 1. The highest BCUT2D eigenvalue weighted by Crippen LogP contribution is 2.43. The number of ether oxygens (including phenoxy) is 1. The quantitative estimate of drug-likeness (QED) is 0.215. The number of hydrogen-bond donors (Lipinski definition) is 1. The van der Waals surface area contributed by atoms with Crippen LogP contribution in [0.15, 0.2) is 71.3 Å². The van der Waals surface area contributed by atoms with Crippen molar-refractivity contribution in [1.82, 2.24) is 5.16 Å². The molecule has 2 aromatic carbocycles. The van der Waals surface area contributed by atoms with Crippen LogP contribution in [0.25, 0.3) is 5.76 Å². The minimum atomic E-state index is -0.999. The van der Waals surface area contributed by atoms with Crippen LogP contribution in [0.5, 0.6) is 5.75 Å². The summed E-state index contributed by atoms with van der Waals surface area (Å²) in [5.74, 6) is -0.913. The van der Waals surface area contributed by atoms with Crippen molar-refractivity contribution in [2.45, 2.75) is 13.0 Å². The number of aliphatic hydroxyl groups is 1. The summed E-state index contributed by atoms with van der Waals surface area (Å²) in [6, 6.07) is 11.7. The molecule has 4 rings (SSSR count). The summed E-state index contributed by atoms with van der Waals surface area (Å²) in [6.45, 7) is 5.58. The van der Waals surface area contributed by atoms with E-state index < -0.39 is 17.7 Å². The van der Waals surface area contributed by atoms with Gasteiger partial charge in [0, 0.05) is 11.6 Å². The maximum atomic E-state index is 13.1. The van der Waals surface area contributed by atoms with Crippen LogP contribution in [0.2, 0.25) is 10.0 Å². The van der Waals surface area contributed by atoms with E-state index in [1.807, 2.05) is 0 Å². The van der Waals surface area contributed by atoms with Crippen molar-refractivity contribution in [2.24, 2.45) is 0 Å². The lowest BCUT2D eigenvalue weighted by atomic mass is 9.95. The van der Waals surface area contributed by atoms with Crippen molar-refractivity contribution >= 4 is 46.5 Å². The van der Waals surface area contributed by atoms with Crippen LogP contribution < -0.4 is 9.64 Å². The van der Waals surface area contributed by atoms with Gasteiger partial charge in [0.2, 0.25) is 0 Å². The van der Waals surface area contributed by atoms with Gasteiger partial charge in [0.1, 0.15) is 23.9 Å². The lowest BCUT2D eigenvalue weighted by Gasteiger charge is -2.23. The van der Waals surface area contributed by atoms with Crippen molar-refractivity contribution in [2.75, 3.05) is 11.5 Å². The van der Waals surface area contributed by atoms with Crippen molar-refractivity contribution in [3.63, 3.8) is 0 Å². The first kappa shape index (κ1) is 22.6. The molecule has 3 aromatic rings. The molecule has 1 saturated heterocycles. The lowest BCUT2D eigenvalue weighted by molar-refractivity contribution is -0.132. The zero-order chi connectivity index (χ0) is 23.7. The number of halogens is 2. The van der Waals surface area contributed by atoms with Crippen LogP contribution in [0.3, 0.4) is 0 Å². The molecule has 2 heterocycles. The molecule has 1 aliphatic heterocycles. The first-order chi connectivity index (χ1) is 15.8. The molecule has 0 radical (unpaired) electrons. The average Bonchev–Trinajstić information content (AvgIpc) is 3.34. The molecule has 1 aromatic heterocycles. The number of rotatable bonds is 6. The Morgan fingerprint density at radius 1 is 1.18 bits per heavy atom. The molecule has 1 fully saturated rings. The molecule has 0 saturated carbocycles. The van der Waals surface area contributed by atoms with Gasteiger partial charge in [-0.05, 0) is 48.9 Å². The highest BCUT2D eigenvalue weighted by atomic mass is 35.5. The summed E-state index contributed by atoms with van der Waals surface area (Å²) in [5, 5.41) is 15.6. The summed E-state index contributed by atoms with van der Waals surface area (Å²) in [6.07, 6.45) is 1.61. The summed E-state index contributed by atoms with van der Waals surface area (Å²) in [7, 11) is 0. The molecule has 1 N–H and O–H groups in total. The second kappa shape index (κ2) is 9.13. The number of ketones is 1. The van der Waals surface area contributed by atoms with E-state index in [2.05, 4.69) is 11.7 Å². The Balaban J connectivity index is 1.86. The third-order valence-electron chi connectivity index (χ3n) is 5.06. The first-order valence-corrected chi connectivity index (χ1v) is 10.6. The Labute approximate surface area is 199 Å². The monoisotopic (exact) mass is 484 g/mol. The van der Waals surface area contributed by atoms with Crippen molar-refractivity contribution < 1.29 is 24.0 Å². The number of carbonyl (C=O) groups excluding carboxylic acids is 2. The molecule has 0 unspecified atom stereocenters. The van der Waals surface area contributed by atoms with Crippen LogP contribution in [0, 0.1) is 6.92 Å². The van der Waals surface area contributed by atoms with Gasteiger partial charge in [-0.25, -0.2) is 0 Å². The molecule has 7 nitrogen and oxygen atoms in total. The van der Waals surface area contributed by atoms with Gasteiger partial charge in [0.05, 0.1) is 21.7 Å². The fourth-order valence-electron chi connectivity index (χ4n) is 3.55. The number of nitrogens with zero attached hydrogens (tertiary/aromatic N) is 2. The number of carbonyl (C=O) groups is 2. The number of aryl methyl sites for hydroxylation is 1. The highest BCUT2D eigenvalue weighted by Gasteiger charge is 2.48. The van der Waals surface area contributed by atoms with E-state index in [1.54, 1.807) is 55.5 Å². The number of Topliss-reactive ketones (excluding diaryl/α,β-unsaturated/α-hetero) is 1. The third kappa shape index (κ3) is 4.25. The fraction of sp³-hybridized carbons (Fsp3) is 0.125. The first-order valence-electron chi connectivity index (χ1n) is 9.85. The molecule has 1 amide bonds. The SMILES string of the molecule is C=CCOc1ccc(/C(O)=C2\C(=O)C(=O)N(c3cc(C)on3)[C@@H]2c2ccc(Cl)c(Cl)c2)cc1. The predicted octanol–water partition coefficient (Wildman–Crippen LogP) is 5.48. The standard InChI is InChI=1S/C24H18Cl2N2O5/c1-3-10-32-16-7-4-14(5-8-16)22(29)20-21(15-6-9-17(25)18(26)12-15)28(24(31)23(20)30)19-11-13(2)33-27-19/h3-9,11-12,21,29H,1,10H2,2H3/b22-20+/t21-/m1/s1. The van der Waals surface area contributed by atoms with E-state index >= 15 is 0 Å². The maximum Gasteiger partial charge on any atom is 0.301 e. The number of aromatic nitrogens is 1. The Kier molecular flexibility index (Phi) is 6.26. The second-order valence-electron chi connectivity index (χ2n) is 7.26. The van der Waals surface area contributed by atoms with Gasteiger partial charge in [0.25, 0.3) is 5.78 Å². The Bertz CT molecular complexity index is 1280. The van der Waals surface area contributed by atoms with Crippen LogP contribution in [-0.2, 0) is 9.59 Å². The Morgan fingerprint density at radius 3 is 2.52 bits per heavy atom. The molecule has 1 atom stereocenters. The van der Waals surface area contributed by atoms with E-state index in [0.717, 1.165) is 0 Å². The molecule has 168 valence electrons. The van der Waals surface area contributed by atoms with Crippen LogP contribution in [-0.4, -0.2) is 28.6 Å². The average molecular weight is 485 g/mol. The van der Waals surface area contributed by atoms with Crippen LogP contribution in [0.1, 0.15) is 22.9 Å². The molecule has 0 bridgehead atoms. The van der Waals surface area contributed by atoms with Crippen molar-refractivity contribution in [3.8, 4) is 5.75 Å². The number of hydrogen-bond acceptors (Lipinski definition) is 6. The van der Waals surface area contributed by atoms with Gasteiger partial charge in [-0.1, -0.05) is 47.1 Å². The van der Waals surface area contributed by atoms with E-state index in [4.69, 9.17) is 32.5 Å². The molecular weight excluding hydrogens is 467 g/mol. The molecule has 1 aliphatic rings. The normalized spacial score (nSPS) is 17.4. The third-order valence-corrected chi connectivity index (χ3v) is 5.80. The van der Waals surface area contributed by atoms with E-state index in [9.17, 15) is 14.7 Å². The summed E-state index contributed by atoms with van der Waals surface area (Å²) in [4.78, 5) is 27.3. The highest BCUT2D eigenvalue weighted by molar-refractivity contribution is 6.51. The van der Waals surface area contributed by atoms with Crippen LogP contribution >= 0.6 is 23.2 Å². The maximum absolute atomic E-state index is 13.1. The smallest absolute Gasteiger partial charge is 0.301 e. The van der Waals surface area contributed by atoms with E-state index in [0.29, 0.717) is 34.3 Å².